The number of rotatable bonds is 6. The molecule has 1 rings (SSSR count). The number of thioether (sulfide) groups is 1. The minimum atomic E-state index is -1.08. The van der Waals surface area contributed by atoms with Gasteiger partial charge in [-0.3, -0.25) is 9.59 Å². The minimum Gasteiger partial charge on any atom is -0.465 e. The molecule has 0 fully saturated rings. The SMILES string of the molecule is CCOC(=O)C(C)(C)C(=O)CSc1ccc(C)cc1C. The van der Waals surface area contributed by atoms with Crippen molar-refractivity contribution >= 4 is 23.5 Å². The molecule has 1 aromatic carbocycles. The van der Waals surface area contributed by atoms with Crippen LogP contribution in [0.3, 0.4) is 0 Å². The standard InChI is InChI=1S/C16H22O3S/c1-6-19-15(18)16(4,5)14(17)10-20-13-8-7-11(2)9-12(13)3/h7-9H,6,10H2,1-5H3. The zero-order valence-electron chi connectivity index (χ0n) is 12.8. The highest BCUT2D eigenvalue weighted by atomic mass is 32.2. The molecule has 1 aromatic rings. The van der Waals surface area contributed by atoms with E-state index >= 15 is 0 Å². The number of benzene rings is 1. The predicted octanol–water partition coefficient (Wildman–Crippen LogP) is 3.55. The molecule has 0 aliphatic heterocycles. The smallest absolute Gasteiger partial charge is 0.319 e. The second kappa shape index (κ2) is 6.93. The Hall–Kier alpha value is -1.29. The van der Waals surface area contributed by atoms with Crippen LogP contribution >= 0.6 is 11.8 Å². The van der Waals surface area contributed by atoms with E-state index in [1.165, 1.54) is 17.3 Å². The highest BCUT2D eigenvalue weighted by Crippen LogP contribution is 2.27. The first-order valence-corrected chi connectivity index (χ1v) is 7.68. The number of ketones is 1. The van der Waals surface area contributed by atoms with Crippen LogP contribution in [0, 0.1) is 19.3 Å². The van der Waals surface area contributed by atoms with E-state index in [0.29, 0.717) is 6.61 Å². The molecule has 4 heteroatoms. The number of hydrogen-bond acceptors (Lipinski definition) is 4. The summed E-state index contributed by atoms with van der Waals surface area (Å²) in [6.07, 6.45) is 0. The molecule has 0 saturated heterocycles. The summed E-state index contributed by atoms with van der Waals surface area (Å²) < 4.78 is 4.95. The molecule has 0 aliphatic carbocycles. The molecule has 3 nitrogen and oxygen atoms in total. The van der Waals surface area contributed by atoms with Crippen LogP contribution in [-0.2, 0) is 14.3 Å². The van der Waals surface area contributed by atoms with Crippen molar-refractivity contribution in [1.82, 2.24) is 0 Å². The van der Waals surface area contributed by atoms with Crippen LogP contribution in [0.1, 0.15) is 31.9 Å². The maximum Gasteiger partial charge on any atom is 0.319 e. The molecule has 0 spiro atoms. The highest BCUT2D eigenvalue weighted by molar-refractivity contribution is 8.00. The van der Waals surface area contributed by atoms with Gasteiger partial charge < -0.3 is 4.74 Å². The third kappa shape index (κ3) is 4.10. The van der Waals surface area contributed by atoms with E-state index in [4.69, 9.17) is 4.74 Å². The summed E-state index contributed by atoms with van der Waals surface area (Å²) in [5.74, 6) is -0.289. The van der Waals surface area contributed by atoms with Crippen molar-refractivity contribution in [2.24, 2.45) is 5.41 Å². The first kappa shape index (κ1) is 16.8. The lowest BCUT2D eigenvalue weighted by atomic mass is 9.89. The monoisotopic (exact) mass is 294 g/mol. The lowest BCUT2D eigenvalue weighted by Crippen LogP contribution is -2.36. The molecule has 0 N–H and O–H groups in total. The van der Waals surface area contributed by atoms with Crippen molar-refractivity contribution in [2.45, 2.75) is 39.5 Å². The van der Waals surface area contributed by atoms with Gasteiger partial charge in [0.2, 0.25) is 0 Å². The van der Waals surface area contributed by atoms with Crippen molar-refractivity contribution in [3.8, 4) is 0 Å². The zero-order chi connectivity index (χ0) is 15.3. The average Bonchev–Trinajstić information content (AvgIpc) is 2.37. The van der Waals surface area contributed by atoms with E-state index in [2.05, 4.69) is 6.07 Å². The van der Waals surface area contributed by atoms with E-state index in [9.17, 15) is 9.59 Å². The van der Waals surface area contributed by atoms with Crippen LogP contribution in [0.2, 0.25) is 0 Å². The molecule has 20 heavy (non-hydrogen) atoms. The van der Waals surface area contributed by atoms with Gasteiger partial charge in [0, 0.05) is 4.90 Å². The Kier molecular flexibility index (Phi) is 5.81. The Morgan fingerprint density at radius 2 is 1.90 bits per heavy atom. The van der Waals surface area contributed by atoms with Gasteiger partial charge in [0.25, 0.3) is 0 Å². The quantitative estimate of drug-likeness (QED) is 0.457. The molecule has 0 heterocycles. The van der Waals surface area contributed by atoms with Gasteiger partial charge in [-0.05, 0) is 46.2 Å². The Morgan fingerprint density at radius 1 is 1.25 bits per heavy atom. The molecule has 110 valence electrons. The molecule has 0 aromatic heterocycles. The van der Waals surface area contributed by atoms with Gasteiger partial charge in [-0.1, -0.05) is 17.7 Å². The first-order valence-electron chi connectivity index (χ1n) is 6.69. The fourth-order valence-electron chi connectivity index (χ4n) is 1.71. The number of aryl methyl sites for hydroxylation is 2. The Labute approximate surface area is 125 Å². The normalized spacial score (nSPS) is 11.2. The Bertz CT molecular complexity index is 506. The van der Waals surface area contributed by atoms with Crippen molar-refractivity contribution < 1.29 is 14.3 Å². The third-order valence-corrected chi connectivity index (χ3v) is 4.35. The molecule has 0 amide bonds. The number of carbonyl (C=O) groups excluding carboxylic acids is 2. The zero-order valence-corrected chi connectivity index (χ0v) is 13.6. The summed E-state index contributed by atoms with van der Waals surface area (Å²) >= 11 is 1.47. The average molecular weight is 294 g/mol. The number of hydrogen-bond donors (Lipinski definition) is 0. The predicted molar refractivity (Wildman–Crippen MR) is 82.1 cm³/mol. The molecule has 0 saturated carbocycles. The minimum absolute atomic E-state index is 0.110. The lowest BCUT2D eigenvalue weighted by Gasteiger charge is -2.20. The molecule has 0 atom stereocenters. The van der Waals surface area contributed by atoms with Gasteiger partial charge in [0.15, 0.2) is 5.78 Å². The van der Waals surface area contributed by atoms with Crippen molar-refractivity contribution in [2.75, 3.05) is 12.4 Å². The molecular formula is C16H22O3S. The van der Waals surface area contributed by atoms with Gasteiger partial charge in [-0.25, -0.2) is 0 Å². The van der Waals surface area contributed by atoms with Crippen LogP contribution in [0.4, 0.5) is 0 Å². The summed E-state index contributed by atoms with van der Waals surface area (Å²) in [4.78, 5) is 25.1. The van der Waals surface area contributed by atoms with E-state index in [1.807, 2.05) is 26.0 Å². The fourth-order valence-corrected chi connectivity index (χ4v) is 2.81. The maximum atomic E-state index is 12.2. The van der Waals surface area contributed by atoms with E-state index in [-0.39, 0.29) is 11.5 Å². The van der Waals surface area contributed by atoms with Gasteiger partial charge in [0.1, 0.15) is 5.41 Å². The maximum absolute atomic E-state index is 12.2. The highest BCUT2D eigenvalue weighted by Gasteiger charge is 2.36. The van der Waals surface area contributed by atoms with Crippen LogP contribution in [-0.4, -0.2) is 24.1 Å². The summed E-state index contributed by atoms with van der Waals surface area (Å²) in [6.45, 7) is 9.33. The Balaban J connectivity index is 2.69. The lowest BCUT2D eigenvalue weighted by molar-refractivity contribution is -0.157. The second-order valence-corrected chi connectivity index (χ2v) is 6.34. The number of ether oxygens (including phenoxy) is 1. The summed E-state index contributed by atoms with van der Waals surface area (Å²) in [7, 11) is 0. The van der Waals surface area contributed by atoms with E-state index < -0.39 is 11.4 Å². The number of esters is 1. The van der Waals surface area contributed by atoms with Crippen molar-refractivity contribution in [1.29, 1.82) is 0 Å². The largest absolute Gasteiger partial charge is 0.465 e. The number of carbonyl (C=O) groups is 2. The van der Waals surface area contributed by atoms with Crippen LogP contribution in [0.25, 0.3) is 0 Å². The molecular weight excluding hydrogens is 272 g/mol. The number of Topliss-reactive ketones (excluding diaryl/α,β-unsaturated/α-hetero) is 1. The Morgan fingerprint density at radius 3 is 2.45 bits per heavy atom. The summed E-state index contributed by atoms with van der Waals surface area (Å²) in [5, 5.41) is 0. The van der Waals surface area contributed by atoms with Crippen LogP contribution < -0.4 is 0 Å². The van der Waals surface area contributed by atoms with Crippen molar-refractivity contribution in [3.05, 3.63) is 29.3 Å². The third-order valence-electron chi connectivity index (χ3n) is 3.17. The molecule has 0 aliphatic rings. The van der Waals surface area contributed by atoms with Gasteiger partial charge in [0.05, 0.1) is 12.4 Å². The van der Waals surface area contributed by atoms with Crippen LogP contribution in [0.15, 0.2) is 23.1 Å². The summed E-state index contributed by atoms with van der Waals surface area (Å²) in [5.41, 5.74) is 1.27. The van der Waals surface area contributed by atoms with Crippen LogP contribution in [0.5, 0.6) is 0 Å². The van der Waals surface area contributed by atoms with E-state index in [1.54, 1.807) is 20.8 Å². The second-order valence-electron chi connectivity index (χ2n) is 5.33. The van der Waals surface area contributed by atoms with Crippen molar-refractivity contribution in [3.63, 3.8) is 0 Å². The fraction of sp³-hybridized carbons (Fsp3) is 0.500. The topological polar surface area (TPSA) is 43.4 Å². The molecule has 0 bridgehead atoms. The van der Waals surface area contributed by atoms with Gasteiger partial charge in [-0.2, -0.15) is 0 Å². The molecule has 0 radical (unpaired) electrons. The first-order chi connectivity index (χ1) is 9.28. The molecule has 0 unspecified atom stereocenters. The van der Waals surface area contributed by atoms with Gasteiger partial charge in [-0.15, -0.1) is 11.8 Å². The summed E-state index contributed by atoms with van der Waals surface area (Å²) in [6, 6.07) is 6.12. The van der Waals surface area contributed by atoms with Gasteiger partial charge >= 0.3 is 5.97 Å². The van der Waals surface area contributed by atoms with E-state index in [0.717, 1.165) is 10.5 Å².